The zero-order chi connectivity index (χ0) is 30.9. The fourth-order valence-corrected chi connectivity index (χ4v) is 6.67. The van der Waals surface area contributed by atoms with Crippen LogP contribution in [0.15, 0.2) is 42.5 Å². The van der Waals surface area contributed by atoms with Gasteiger partial charge in [-0.25, -0.2) is 0 Å². The maximum Gasteiger partial charge on any atom is 0.225 e. The van der Waals surface area contributed by atoms with Crippen LogP contribution in [-0.2, 0) is 25.6 Å². The lowest BCUT2D eigenvalue weighted by atomic mass is 9.77. The Balaban J connectivity index is 1.25. The van der Waals surface area contributed by atoms with Crippen molar-refractivity contribution in [1.29, 1.82) is 0 Å². The number of ether oxygens (including phenoxy) is 5. The molecule has 44 heavy (non-hydrogen) atoms. The Labute approximate surface area is 262 Å². The minimum absolute atomic E-state index is 0.0103. The van der Waals surface area contributed by atoms with Gasteiger partial charge in [-0.2, -0.15) is 0 Å². The number of nitrogens with zero attached hydrogens (tertiary/aromatic N) is 1. The van der Waals surface area contributed by atoms with Gasteiger partial charge in [0.2, 0.25) is 5.91 Å². The minimum atomic E-state index is -0.492. The van der Waals surface area contributed by atoms with Crippen LogP contribution in [0.25, 0.3) is 0 Å². The molecule has 2 aromatic carbocycles. The van der Waals surface area contributed by atoms with Gasteiger partial charge in [0, 0.05) is 63.4 Å². The number of hydrogen-bond donors (Lipinski definition) is 2. The fourth-order valence-electron chi connectivity index (χ4n) is 6.67. The van der Waals surface area contributed by atoms with Crippen LogP contribution in [0.3, 0.4) is 0 Å². The predicted octanol–water partition coefficient (Wildman–Crippen LogP) is 4.67. The Morgan fingerprint density at radius 3 is 2.64 bits per heavy atom. The Morgan fingerprint density at radius 2 is 1.89 bits per heavy atom. The number of carbonyl (C=O) groups is 1. The van der Waals surface area contributed by atoms with Gasteiger partial charge in [0.15, 0.2) is 0 Å². The molecule has 242 valence electrons. The number of benzene rings is 2. The highest BCUT2D eigenvalue weighted by atomic mass is 16.5. The van der Waals surface area contributed by atoms with Crippen LogP contribution < -0.4 is 25.0 Å². The van der Waals surface area contributed by atoms with Crippen LogP contribution in [-0.4, -0.2) is 84.4 Å². The van der Waals surface area contributed by atoms with Gasteiger partial charge >= 0.3 is 0 Å². The molecule has 1 unspecified atom stereocenters. The monoisotopic (exact) mass is 609 g/mol. The average Bonchev–Trinajstić information content (AvgIpc) is 3.04. The summed E-state index contributed by atoms with van der Waals surface area (Å²) in [4.78, 5) is 15.7. The molecule has 0 radical (unpaired) electrons. The molecule has 0 aromatic heterocycles. The third-order valence-electron chi connectivity index (χ3n) is 9.29. The van der Waals surface area contributed by atoms with E-state index >= 15 is 0 Å². The number of amides is 1. The first kappa shape index (κ1) is 32.5. The minimum Gasteiger partial charge on any atom is -0.497 e. The normalized spacial score (nSPS) is 22.6. The number of carbonyl (C=O) groups excluding carboxylic acids is 1. The second-order valence-electron chi connectivity index (χ2n) is 13.0. The second kappa shape index (κ2) is 15.4. The number of rotatable bonds is 13. The third-order valence-corrected chi connectivity index (χ3v) is 9.29. The van der Waals surface area contributed by atoms with E-state index in [2.05, 4.69) is 59.7 Å². The molecule has 0 spiro atoms. The lowest BCUT2D eigenvalue weighted by Crippen LogP contribution is -2.51. The molecule has 3 aliphatic rings. The van der Waals surface area contributed by atoms with Gasteiger partial charge in [0.1, 0.15) is 18.1 Å². The van der Waals surface area contributed by atoms with E-state index in [1.807, 2.05) is 12.1 Å². The predicted molar refractivity (Wildman–Crippen MR) is 172 cm³/mol. The maximum atomic E-state index is 13.3. The SMILES string of the molecule is COCCCN1CCOc2ccc(CO[C@H]3CN[C@H](CC(C)(C)C(=O)NC4CCOCC4)CC3c3ccc(OC)cc3)cc21. The number of hydrogen-bond acceptors (Lipinski definition) is 8. The van der Waals surface area contributed by atoms with E-state index in [0.29, 0.717) is 26.4 Å². The zero-order valence-corrected chi connectivity index (χ0v) is 26.9. The van der Waals surface area contributed by atoms with Gasteiger partial charge < -0.3 is 39.2 Å². The van der Waals surface area contributed by atoms with Gasteiger partial charge in [0.05, 0.1) is 32.1 Å². The molecule has 2 fully saturated rings. The lowest BCUT2D eigenvalue weighted by Gasteiger charge is -2.40. The Hall–Kier alpha value is -2.85. The standard InChI is InChI=1S/C35H51N3O6/c1-35(2,34(39)37-27-12-17-42-18-13-27)22-28-21-30(26-7-9-29(41-4)10-8-26)33(23-36-28)44-24-25-6-11-32-31(20-25)38(15-19-43-32)14-5-16-40-3/h6-11,20,27-28,30,33,36H,5,12-19,21-24H2,1-4H3,(H,37,39)/t28-,30?,33-/m0/s1. The summed E-state index contributed by atoms with van der Waals surface area (Å²) in [6.45, 7) is 10.0. The van der Waals surface area contributed by atoms with Gasteiger partial charge in [-0.05, 0) is 67.5 Å². The third kappa shape index (κ3) is 8.44. The van der Waals surface area contributed by atoms with Gasteiger partial charge in [0.25, 0.3) is 0 Å². The highest BCUT2D eigenvalue weighted by Gasteiger charge is 2.38. The van der Waals surface area contributed by atoms with E-state index in [0.717, 1.165) is 81.1 Å². The van der Waals surface area contributed by atoms with E-state index in [1.165, 1.54) is 5.56 Å². The molecular weight excluding hydrogens is 558 g/mol. The maximum absolute atomic E-state index is 13.3. The number of methoxy groups -OCH3 is 2. The summed E-state index contributed by atoms with van der Waals surface area (Å²) in [6, 6.07) is 15.1. The first-order valence-corrected chi connectivity index (χ1v) is 16.2. The number of nitrogens with one attached hydrogen (secondary N) is 2. The molecule has 3 atom stereocenters. The van der Waals surface area contributed by atoms with Crippen molar-refractivity contribution >= 4 is 11.6 Å². The first-order chi connectivity index (χ1) is 21.4. The van der Waals surface area contributed by atoms with Crippen molar-refractivity contribution in [3.63, 3.8) is 0 Å². The zero-order valence-electron chi connectivity index (χ0n) is 26.9. The molecule has 0 bridgehead atoms. The Bertz CT molecular complexity index is 1200. The van der Waals surface area contributed by atoms with Crippen molar-refractivity contribution < 1.29 is 28.5 Å². The highest BCUT2D eigenvalue weighted by Crippen LogP contribution is 2.37. The van der Waals surface area contributed by atoms with Crippen LogP contribution in [0, 0.1) is 5.41 Å². The summed E-state index contributed by atoms with van der Waals surface area (Å²) >= 11 is 0. The first-order valence-electron chi connectivity index (χ1n) is 16.2. The molecule has 1 amide bonds. The van der Waals surface area contributed by atoms with E-state index in [-0.39, 0.29) is 30.0 Å². The molecule has 2 saturated heterocycles. The van der Waals surface area contributed by atoms with Gasteiger partial charge in [-0.1, -0.05) is 32.0 Å². The van der Waals surface area contributed by atoms with E-state index in [1.54, 1.807) is 14.2 Å². The largest absolute Gasteiger partial charge is 0.497 e. The van der Waals surface area contributed by atoms with Crippen LogP contribution in [0.5, 0.6) is 11.5 Å². The molecule has 2 aromatic rings. The summed E-state index contributed by atoms with van der Waals surface area (Å²) in [7, 11) is 3.44. The Morgan fingerprint density at radius 1 is 1.09 bits per heavy atom. The lowest BCUT2D eigenvalue weighted by molar-refractivity contribution is -0.131. The van der Waals surface area contributed by atoms with Crippen molar-refractivity contribution in [3.8, 4) is 11.5 Å². The number of piperidine rings is 1. The molecule has 9 heteroatoms. The summed E-state index contributed by atoms with van der Waals surface area (Å²) in [5.74, 6) is 2.08. The second-order valence-corrected chi connectivity index (χ2v) is 13.0. The summed E-state index contributed by atoms with van der Waals surface area (Å²) in [5.41, 5.74) is 3.00. The van der Waals surface area contributed by atoms with Gasteiger partial charge in [-0.15, -0.1) is 0 Å². The fraction of sp³-hybridized carbons (Fsp3) is 0.629. The van der Waals surface area contributed by atoms with Crippen molar-refractivity contribution in [1.82, 2.24) is 10.6 Å². The molecule has 3 heterocycles. The summed E-state index contributed by atoms with van der Waals surface area (Å²) in [5, 5.41) is 7.02. The van der Waals surface area contributed by atoms with Crippen molar-refractivity contribution in [2.75, 3.05) is 65.2 Å². The van der Waals surface area contributed by atoms with Crippen molar-refractivity contribution in [2.45, 2.75) is 76.7 Å². The quantitative estimate of drug-likeness (QED) is 0.317. The van der Waals surface area contributed by atoms with E-state index in [9.17, 15) is 4.79 Å². The van der Waals surface area contributed by atoms with E-state index < -0.39 is 5.41 Å². The molecule has 0 aliphatic carbocycles. The molecule has 5 rings (SSSR count). The van der Waals surface area contributed by atoms with Crippen molar-refractivity contribution in [3.05, 3.63) is 53.6 Å². The van der Waals surface area contributed by atoms with Crippen LogP contribution >= 0.6 is 0 Å². The molecule has 0 saturated carbocycles. The summed E-state index contributed by atoms with van der Waals surface area (Å²) < 4.78 is 28.8. The topological polar surface area (TPSA) is 90.5 Å². The highest BCUT2D eigenvalue weighted by molar-refractivity contribution is 5.82. The number of anilines is 1. The molecule has 2 N–H and O–H groups in total. The van der Waals surface area contributed by atoms with Crippen molar-refractivity contribution in [2.24, 2.45) is 5.41 Å². The molecule has 3 aliphatic heterocycles. The summed E-state index contributed by atoms with van der Waals surface area (Å²) in [6.07, 6.45) is 4.37. The Kier molecular flexibility index (Phi) is 11.4. The molecule has 9 nitrogen and oxygen atoms in total. The van der Waals surface area contributed by atoms with Gasteiger partial charge in [-0.3, -0.25) is 4.79 Å². The number of fused-ring (bicyclic) bond motifs is 1. The van der Waals surface area contributed by atoms with Crippen LogP contribution in [0.4, 0.5) is 5.69 Å². The van der Waals surface area contributed by atoms with Crippen LogP contribution in [0.2, 0.25) is 0 Å². The molecular formula is C35H51N3O6. The van der Waals surface area contributed by atoms with E-state index in [4.69, 9.17) is 23.7 Å². The van der Waals surface area contributed by atoms with Crippen LogP contribution in [0.1, 0.15) is 63.0 Å². The average molecular weight is 610 g/mol. The smallest absolute Gasteiger partial charge is 0.225 e.